The summed E-state index contributed by atoms with van der Waals surface area (Å²) in [6.07, 6.45) is 0. The van der Waals surface area contributed by atoms with Gasteiger partial charge in [-0.15, -0.1) is 0 Å². The number of ether oxygens (including phenoxy) is 2. The van der Waals surface area contributed by atoms with Gasteiger partial charge in [0.2, 0.25) is 5.75 Å². The van der Waals surface area contributed by atoms with Crippen LogP contribution in [0.15, 0.2) is 33.5 Å². The predicted octanol–water partition coefficient (Wildman–Crippen LogP) is 3.42. The summed E-state index contributed by atoms with van der Waals surface area (Å²) in [5.41, 5.74) is 0.0183. The van der Waals surface area contributed by atoms with Crippen LogP contribution in [0.5, 0.6) is 11.5 Å². The Labute approximate surface area is 137 Å². The van der Waals surface area contributed by atoms with E-state index in [9.17, 15) is 4.79 Å². The molecule has 0 radical (unpaired) electrons. The van der Waals surface area contributed by atoms with Gasteiger partial charge >= 0.3 is 5.63 Å². The second-order valence-electron chi connectivity index (χ2n) is 3.62. The molecule has 1 aromatic carbocycles. The lowest BCUT2D eigenvalue weighted by molar-refractivity contribution is 0.282. The van der Waals surface area contributed by atoms with Gasteiger partial charge in [0.05, 0.1) is 18.6 Å². The quantitative estimate of drug-likeness (QED) is 0.357. The van der Waals surface area contributed by atoms with E-state index in [1.165, 1.54) is 0 Å². The Morgan fingerprint density at radius 2 is 1.63 bits per heavy atom. The smallest absolute Gasteiger partial charge is 0.383 e. The first-order valence-electron chi connectivity index (χ1n) is 5.71. The Hall–Kier alpha value is -0.510. The average Bonchev–Trinajstić information content (AvgIpc) is 2.43. The summed E-state index contributed by atoms with van der Waals surface area (Å²) >= 11 is 4.40. The normalized spacial score (nSPS) is 10.6. The topological polar surface area (TPSA) is 48.7 Å². The van der Waals surface area contributed by atoms with Crippen LogP contribution in [-0.2, 0) is 0 Å². The van der Waals surface area contributed by atoms with Crippen molar-refractivity contribution in [1.29, 1.82) is 0 Å². The molecule has 1 heterocycles. The third-order valence-electron chi connectivity index (χ3n) is 2.37. The zero-order valence-electron chi connectivity index (χ0n) is 10.0. The van der Waals surface area contributed by atoms with Gasteiger partial charge < -0.3 is 13.9 Å². The fraction of sp³-hybridized carbons (Fsp3) is 0.308. The second-order valence-corrected chi connectivity index (χ2v) is 5.78. The van der Waals surface area contributed by atoms with Gasteiger partial charge in [-0.25, -0.2) is 4.79 Å². The van der Waals surface area contributed by atoms with Crippen LogP contribution < -0.4 is 15.1 Å². The van der Waals surface area contributed by atoms with Crippen LogP contribution in [0.3, 0.4) is 0 Å². The van der Waals surface area contributed by atoms with E-state index >= 15 is 0 Å². The molecule has 0 aliphatic heterocycles. The van der Waals surface area contributed by atoms with Crippen LogP contribution in [0.1, 0.15) is 0 Å². The van der Waals surface area contributed by atoms with E-state index < -0.39 is 5.63 Å². The molecule has 0 spiro atoms. The predicted molar refractivity (Wildman–Crippen MR) is 91.2 cm³/mol. The molecule has 2 rings (SSSR count). The fourth-order valence-electron chi connectivity index (χ4n) is 1.65. The van der Waals surface area contributed by atoms with E-state index in [4.69, 9.17) is 13.9 Å². The number of para-hydroxylation sites is 1. The SMILES string of the molecule is O=c1oc2ccccc2c(OCCI)c1OCCI. The highest BCUT2D eigenvalue weighted by Crippen LogP contribution is 2.32. The molecule has 0 unspecified atom stereocenters. The van der Waals surface area contributed by atoms with Crippen molar-refractivity contribution in [2.45, 2.75) is 0 Å². The van der Waals surface area contributed by atoms with E-state index in [-0.39, 0.29) is 5.75 Å². The minimum absolute atomic E-state index is 0.167. The van der Waals surface area contributed by atoms with Gasteiger partial charge in [-0.3, -0.25) is 0 Å². The lowest BCUT2D eigenvalue weighted by atomic mass is 10.2. The first-order chi connectivity index (χ1) is 9.27. The van der Waals surface area contributed by atoms with Crippen molar-refractivity contribution in [3.63, 3.8) is 0 Å². The summed E-state index contributed by atoms with van der Waals surface area (Å²) in [5.74, 6) is 0.647. The summed E-state index contributed by atoms with van der Waals surface area (Å²) in [6, 6.07) is 7.30. The van der Waals surface area contributed by atoms with Gasteiger partial charge in [0, 0.05) is 8.86 Å². The first-order valence-corrected chi connectivity index (χ1v) is 8.76. The van der Waals surface area contributed by atoms with Crippen LogP contribution in [0.4, 0.5) is 0 Å². The molecule has 0 N–H and O–H groups in total. The zero-order valence-corrected chi connectivity index (χ0v) is 14.3. The summed E-state index contributed by atoms with van der Waals surface area (Å²) < 4.78 is 18.0. The molecule has 0 aliphatic rings. The molecule has 0 saturated carbocycles. The molecule has 4 nitrogen and oxygen atoms in total. The number of hydrogen-bond donors (Lipinski definition) is 0. The van der Waals surface area contributed by atoms with Crippen molar-refractivity contribution < 1.29 is 13.9 Å². The molecule has 0 atom stereocenters. The Bertz CT molecular complexity index is 609. The number of hydrogen-bond acceptors (Lipinski definition) is 4. The standard InChI is InChI=1S/C13H12I2O4/c14-5-7-17-11-9-3-1-2-4-10(9)19-13(16)12(11)18-8-6-15/h1-4H,5-8H2. The van der Waals surface area contributed by atoms with Gasteiger partial charge in [-0.1, -0.05) is 57.3 Å². The molecular weight excluding hydrogens is 474 g/mol. The maximum absolute atomic E-state index is 11.9. The van der Waals surface area contributed by atoms with Crippen molar-refractivity contribution in [1.82, 2.24) is 0 Å². The molecule has 0 aliphatic carbocycles. The van der Waals surface area contributed by atoms with Gasteiger partial charge in [0.1, 0.15) is 5.58 Å². The molecule has 19 heavy (non-hydrogen) atoms. The molecular formula is C13H12I2O4. The highest BCUT2D eigenvalue weighted by molar-refractivity contribution is 14.1. The van der Waals surface area contributed by atoms with E-state index in [2.05, 4.69) is 45.2 Å². The Morgan fingerprint density at radius 3 is 2.32 bits per heavy atom. The third kappa shape index (κ3) is 3.53. The van der Waals surface area contributed by atoms with Crippen LogP contribution in [-0.4, -0.2) is 22.1 Å². The van der Waals surface area contributed by atoms with Crippen LogP contribution in [0, 0.1) is 0 Å². The summed E-state index contributed by atoms with van der Waals surface area (Å²) in [6.45, 7) is 0.971. The van der Waals surface area contributed by atoms with Crippen LogP contribution in [0.25, 0.3) is 11.0 Å². The molecule has 102 valence electrons. The van der Waals surface area contributed by atoms with Crippen molar-refractivity contribution in [3.8, 4) is 11.5 Å². The number of benzene rings is 1. The monoisotopic (exact) mass is 486 g/mol. The molecule has 0 fully saturated rings. The Morgan fingerprint density at radius 1 is 1.00 bits per heavy atom. The van der Waals surface area contributed by atoms with Crippen molar-refractivity contribution in [2.75, 3.05) is 22.1 Å². The van der Waals surface area contributed by atoms with Gasteiger partial charge in [0.15, 0.2) is 5.75 Å². The number of rotatable bonds is 6. The lowest BCUT2D eigenvalue weighted by Gasteiger charge is -2.12. The number of fused-ring (bicyclic) bond motifs is 1. The minimum atomic E-state index is -0.494. The highest BCUT2D eigenvalue weighted by atomic mass is 127. The first kappa shape index (κ1) is 14.9. The van der Waals surface area contributed by atoms with Crippen molar-refractivity contribution >= 4 is 56.2 Å². The summed E-state index contributed by atoms with van der Waals surface area (Å²) in [7, 11) is 0. The minimum Gasteiger partial charge on any atom is -0.488 e. The Balaban J connectivity index is 2.56. The van der Waals surface area contributed by atoms with Gasteiger partial charge in [-0.2, -0.15) is 0 Å². The zero-order chi connectivity index (χ0) is 13.7. The average molecular weight is 486 g/mol. The van der Waals surface area contributed by atoms with Gasteiger partial charge in [-0.05, 0) is 12.1 Å². The third-order valence-corrected chi connectivity index (χ3v) is 3.25. The molecule has 0 bridgehead atoms. The largest absolute Gasteiger partial charge is 0.488 e. The number of halogens is 2. The molecule has 0 amide bonds. The van der Waals surface area contributed by atoms with Crippen molar-refractivity contribution in [2.24, 2.45) is 0 Å². The maximum Gasteiger partial charge on any atom is 0.383 e. The maximum atomic E-state index is 11.9. The van der Waals surface area contributed by atoms with Crippen molar-refractivity contribution in [3.05, 3.63) is 34.7 Å². The molecule has 0 saturated heterocycles. The van der Waals surface area contributed by atoms with Gasteiger partial charge in [0.25, 0.3) is 0 Å². The molecule has 1 aromatic heterocycles. The van der Waals surface area contributed by atoms with E-state index in [1.807, 2.05) is 18.2 Å². The van der Waals surface area contributed by atoms with E-state index in [1.54, 1.807) is 6.07 Å². The van der Waals surface area contributed by atoms with E-state index in [0.29, 0.717) is 24.5 Å². The van der Waals surface area contributed by atoms with Crippen LogP contribution >= 0.6 is 45.2 Å². The van der Waals surface area contributed by atoms with Crippen LogP contribution in [0.2, 0.25) is 0 Å². The molecule has 6 heteroatoms. The summed E-state index contributed by atoms with van der Waals surface area (Å²) in [5, 5.41) is 0.760. The number of alkyl halides is 2. The summed E-state index contributed by atoms with van der Waals surface area (Å²) in [4.78, 5) is 11.9. The molecule has 2 aromatic rings. The highest BCUT2D eigenvalue weighted by Gasteiger charge is 2.17. The fourth-order valence-corrected chi connectivity index (χ4v) is 2.09. The lowest BCUT2D eigenvalue weighted by Crippen LogP contribution is -2.12. The van der Waals surface area contributed by atoms with E-state index in [0.717, 1.165) is 14.2 Å². The second kappa shape index (κ2) is 7.32. The Kier molecular flexibility index (Phi) is 5.74.